The van der Waals surface area contributed by atoms with E-state index < -0.39 is 71.9 Å². The van der Waals surface area contributed by atoms with Gasteiger partial charge in [-0.3, -0.25) is 0 Å². The number of anilines is 5. The van der Waals surface area contributed by atoms with Gasteiger partial charge in [-0.2, -0.15) is 0 Å². The van der Waals surface area contributed by atoms with Crippen LogP contribution in [0.5, 0.6) is 0 Å². The Morgan fingerprint density at radius 1 is 0.325 bits per heavy atom. The molecule has 17 aromatic carbocycles. The number of rotatable bonds is 21. The maximum Gasteiger partial charge on any atom is 0.179 e. The standard InChI is InChI=1S/C39H27NS.C32H21NS.C24H19BrSi.CH3I.B23/c1-26-17-21-29(22-18-26)40(36-14-8-16-38-39(36)34-13-6-7-15-37(34)41-38)30-23-19-27(20-24-30)35-25-28-9-2-3-10-31(28)32-11-4-5-12-33(32)35;1-2-9-24-22(8-1)20-28(26-11-4-3-10-25(24)26)21-16-18-23(19-17-21)33-29-13-7-15-31-32(29)27-12-5-6-14-30(27)34-31;25-20-16-18-24(19-17-20)26(21-10-4-1-5-11-21,22-12-6-2-7-13-22)23-14-8-3-9-15-23;1-2;1-13-19(12)22(18(10)11)23(20(14(2)3)15(4)5)21(16(6)7)17(8)9/h2-25H,1H3;1-20,33H;1-19H;1H3;. The van der Waals surface area contributed by atoms with Crippen molar-refractivity contribution in [3.05, 3.63) is 392 Å². The topological polar surface area (TPSA) is 15.3 Å². The van der Waals surface area contributed by atoms with Gasteiger partial charge in [0.1, 0.15) is 0 Å². The van der Waals surface area contributed by atoms with Gasteiger partial charge in [0.15, 0.2) is 8.07 Å². The quantitative estimate of drug-likeness (QED) is 0.0254. The Hall–Kier alpha value is -9.26. The van der Waals surface area contributed by atoms with Crippen molar-refractivity contribution in [3.63, 3.8) is 0 Å². The number of hydrogen-bond acceptors (Lipinski definition) is 4. The van der Waals surface area contributed by atoms with E-state index >= 15 is 0 Å². The first kappa shape index (κ1) is 91.5. The number of thiophene rings is 2. The number of benzene rings is 17. The third-order valence-electron chi connectivity index (χ3n) is 23.9. The number of nitrogens with zero attached hydrogens (tertiary/aromatic N) is 1. The molecule has 0 aliphatic carbocycles. The van der Waals surface area contributed by atoms with Crippen LogP contribution in [0.4, 0.5) is 28.4 Å². The minimum atomic E-state index is -2.34. The van der Waals surface area contributed by atoms with Gasteiger partial charge in [-0.15, -0.1) is 22.7 Å². The molecule has 0 aliphatic rings. The van der Waals surface area contributed by atoms with Crippen molar-refractivity contribution >= 4 is 366 Å². The summed E-state index contributed by atoms with van der Waals surface area (Å²) in [6, 6.07) is 139. The second-order valence-electron chi connectivity index (χ2n) is 31.6. The first-order valence-corrected chi connectivity index (χ1v) is 48.6. The van der Waals surface area contributed by atoms with E-state index in [1.54, 1.807) is 0 Å². The Labute approximate surface area is 794 Å². The molecule has 2 nitrogen and oxygen atoms in total. The SMILES string of the molecule is Brc1ccc([Si](c2ccccc2)(c2ccccc2)c2ccccc2)cc1.CI.Cc1ccc(N(c2ccc(-c3cc4ccccc4c4ccccc34)cc2)c2cccc3sc4ccccc4c23)cc1.[B][B]B([B])B(B([B])[B])B(B(B([B])[B])B([B])[B])B(B([B])[B])B([B])[B].c1ccc2c(c1)cc(-c1ccc(Nc3cccc4sc5ccccc5c34)cc1)c1ccccc12. The molecule has 0 fully saturated rings. The summed E-state index contributed by atoms with van der Waals surface area (Å²) in [5.74, 6) is 0. The van der Waals surface area contributed by atoms with E-state index in [9.17, 15) is 0 Å². The molecule has 0 bridgehead atoms. The van der Waals surface area contributed by atoms with E-state index in [0.717, 1.165) is 27.2 Å². The Bertz CT molecular complexity index is 6750. The second kappa shape index (κ2) is 42.3. The van der Waals surface area contributed by atoms with Gasteiger partial charge >= 0.3 is 0 Å². The third kappa shape index (κ3) is 19.7. The highest BCUT2D eigenvalue weighted by Gasteiger charge is 2.48. The predicted molar refractivity (Wildman–Crippen MR) is 599 cm³/mol. The molecule has 19 rings (SSSR count). The summed E-state index contributed by atoms with van der Waals surface area (Å²) in [5.41, 5.74) is 12.0. The van der Waals surface area contributed by atoms with Crippen LogP contribution in [0.1, 0.15) is 5.56 Å². The van der Waals surface area contributed by atoms with Crippen LogP contribution in [-0.4, -0.2) is 177 Å². The molecule has 2 heterocycles. The third-order valence-corrected chi connectivity index (χ3v) is 31.5. The highest BCUT2D eigenvalue weighted by molar-refractivity contribution is 14.1. The number of nitrogens with one attached hydrogen (secondary N) is 1. The summed E-state index contributed by atoms with van der Waals surface area (Å²) >= 11 is 9.46. The number of halogens is 2. The van der Waals surface area contributed by atoms with Crippen LogP contribution in [0.25, 0.3) is 106 Å². The normalized spacial score (nSPS) is 10.9. The maximum atomic E-state index is 6.03. The fourth-order valence-corrected chi connectivity index (χ4v) is 25.4. The molecule has 0 saturated heterocycles. The van der Waals surface area contributed by atoms with E-state index in [4.69, 9.17) is 92.8 Å². The van der Waals surface area contributed by atoms with Crippen molar-refractivity contribution in [3.8, 4) is 22.3 Å². The molecular formula is C96H70B23BrIN2S2Si. The summed E-state index contributed by atoms with van der Waals surface area (Å²) in [5, 5.41) is 24.8. The number of alkyl halides is 1. The highest BCUT2D eigenvalue weighted by Crippen LogP contribution is 2.47. The molecule has 0 atom stereocenters. The van der Waals surface area contributed by atoms with Gasteiger partial charge < -0.3 is 10.2 Å². The average molecular weight is 1800 g/mol. The molecule has 0 spiro atoms. The van der Waals surface area contributed by atoms with Gasteiger partial charge in [0.2, 0.25) is 0 Å². The zero-order valence-electron chi connectivity index (χ0n) is 70.2. The molecule has 563 valence electrons. The van der Waals surface area contributed by atoms with Crippen LogP contribution in [0.3, 0.4) is 0 Å². The van der Waals surface area contributed by atoms with Gasteiger partial charge in [0.25, 0.3) is 0 Å². The summed E-state index contributed by atoms with van der Waals surface area (Å²) in [7, 11) is 69.0. The van der Waals surface area contributed by atoms with Crippen molar-refractivity contribution in [1.29, 1.82) is 0 Å². The van der Waals surface area contributed by atoms with Crippen LogP contribution < -0.4 is 31.0 Å². The van der Waals surface area contributed by atoms with Crippen LogP contribution in [0, 0.1) is 6.92 Å². The van der Waals surface area contributed by atoms with Gasteiger partial charge in [-0.25, -0.2) is 0 Å². The first-order valence-electron chi connectivity index (χ1n) is 42.0. The smallest absolute Gasteiger partial charge is 0.179 e. The minimum absolute atomic E-state index is 0.648. The molecule has 0 aliphatic heterocycles. The van der Waals surface area contributed by atoms with Gasteiger partial charge in [-0.05, 0) is 195 Å². The average Bonchev–Trinajstić information content (AvgIpc) is 1.59. The molecule has 0 saturated carbocycles. The van der Waals surface area contributed by atoms with E-state index in [0.29, 0.717) is 0 Å². The molecule has 0 amide bonds. The Morgan fingerprint density at radius 3 is 1.11 bits per heavy atom. The Balaban J connectivity index is 0.000000132. The zero-order valence-corrected chi connectivity index (χ0v) is 76.5. The molecule has 25 radical (unpaired) electrons. The first-order chi connectivity index (χ1) is 61.4. The predicted octanol–water partition coefficient (Wildman–Crippen LogP) is 17.7. The van der Waals surface area contributed by atoms with Crippen molar-refractivity contribution in [2.45, 2.75) is 6.92 Å². The number of hydrogen-bond donors (Lipinski definition) is 1. The molecule has 1 N–H and O–H groups in total. The minimum Gasteiger partial charge on any atom is -0.355 e. The van der Waals surface area contributed by atoms with Gasteiger partial charge in [0, 0.05) is 231 Å². The molecule has 19 aromatic rings. The van der Waals surface area contributed by atoms with Gasteiger partial charge in [0.05, 0.1) is 5.69 Å². The monoisotopic (exact) mass is 1800 g/mol. The van der Waals surface area contributed by atoms with Crippen LogP contribution in [0.15, 0.2) is 387 Å². The van der Waals surface area contributed by atoms with Crippen LogP contribution >= 0.6 is 61.2 Å². The van der Waals surface area contributed by atoms with E-state index in [-0.39, 0.29) is 0 Å². The van der Waals surface area contributed by atoms with Crippen LogP contribution in [0.2, 0.25) is 0 Å². The number of fused-ring (bicyclic) bond motifs is 12. The van der Waals surface area contributed by atoms with Crippen molar-refractivity contribution in [2.24, 2.45) is 0 Å². The molecule has 2 aromatic heterocycles. The lowest BCUT2D eigenvalue weighted by Crippen LogP contribution is -2.83. The molecule has 126 heavy (non-hydrogen) atoms. The Morgan fingerprint density at radius 2 is 0.675 bits per heavy atom. The summed E-state index contributed by atoms with van der Waals surface area (Å²) < 4.78 is 6.37. The number of aryl methyl sites for hydroxylation is 1. The lowest BCUT2D eigenvalue weighted by Gasteiger charge is -2.45. The summed E-state index contributed by atoms with van der Waals surface area (Å²) in [6.07, 6.45) is -8.03. The second-order valence-corrected chi connectivity index (χ2v) is 38.5. The molecule has 0 unspecified atom stereocenters. The van der Waals surface area contributed by atoms with E-state index in [2.05, 4.69) is 438 Å². The summed E-state index contributed by atoms with van der Waals surface area (Å²) in [4.78, 5) is 4.38. The Kier molecular flexibility index (Phi) is 30.7. The van der Waals surface area contributed by atoms with Crippen molar-refractivity contribution in [2.75, 3.05) is 15.1 Å². The maximum absolute atomic E-state index is 6.03. The lowest BCUT2D eigenvalue weighted by atomic mass is 8.36. The van der Waals surface area contributed by atoms with Crippen LogP contribution in [-0.2, 0) is 0 Å². The van der Waals surface area contributed by atoms with E-state index in [1.807, 2.05) is 27.6 Å². The largest absolute Gasteiger partial charge is 0.355 e. The fraction of sp³-hybridized carbons (Fsp3) is 0.0208. The van der Waals surface area contributed by atoms with Crippen molar-refractivity contribution in [1.82, 2.24) is 0 Å². The molecular weight excluding hydrogens is 1730 g/mol. The highest BCUT2D eigenvalue weighted by atomic mass is 127. The zero-order chi connectivity index (χ0) is 88.1. The fourth-order valence-electron chi connectivity index (χ4n) is 18.2. The molecule has 30 heteroatoms. The van der Waals surface area contributed by atoms with Crippen molar-refractivity contribution < 1.29 is 0 Å². The summed E-state index contributed by atoms with van der Waals surface area (Å²) in [6.45, 7) is 2.14. The van der Waals surface area contributed by atoms with Gasteiger partial charge in [-0.1, -0.05) is 329 Å². The lowest BCUT2D eigenvalue weighted by molar-refractivity contribution is 1.29. The van der Waals surface area contributed by atoms with E-state index in [1.165, 1.54) is 145 Å².